The first-order chi connectivity index (χ1) is 9.19. The highest BCUT2D eigenvalue weighted by Crippen LogP contribution is 2.16. The molecule has 0 saturated heterocycles. The van der Waals surface area contributed by atoms with Crippen molar-refractivity contribution < 1.29 is 9.90 Å². The Morgan fingerprint density at radius 3 is 2.74 bits per heavy atom. The molecule has 0 aliphatic carbocycles. The molecule has 2 aromatic rings. The van der Waals surface area contributed by atoms with Crippen molar-refractivity contribution in [2.24, 2.45) is 7.05 Å². The van der Waals surface area contributed by atoms with Gasteiger partial charge in [-0.15, -0.1) is 0 Å². The second-order valence-electron chi connectivity index (χ2n) is 4.25. The summed E-state index contributed by atoms with van der Waals surface area (Å²) in [6.45, 7) is 0.196. The number of nitrogens with one attached hydrogen (secondary N) is 2. The summed E-state index contributed by atoms with van der Waals surface area (Å²) in [5, 5.41) is 14.6. The molecule has 5 nitrogen and oxygen atoms in total. The minimum atomic E-state index is -0.513. The zero-order valence-electron chi connectivity index (χ0n) is 10.8. The van der Waals surface area contributed by atoms with E-state index in [1.54, 1.807) is 6.07 Å². The number of hydrogen-bond donors (Lipinski definition) is 3. The van der Waals surface area contributed by atoms with E-state index in [-0.39, 0.29) is 0 Å². The highest BCUT2D eigenvalue weighted by molar-refractivity contribution is 5.91. The second-order valence-corrected chi connectivity index (χ2v) is 4.25. The summed E-state index contributed by atoms with van der Waals surface area (Å²) >= 11 is 0. The predicted octanol–water partition coefficient (Wildman–Crippen LogP) is 1.57. The summed E-state index contributed by atoms with van der Waals surface area (Å²) in [5.74, 6) is -0.417. The molecular weight excluding hydrogens is 242 g/mol. The first-order valence-electron chi connectivity index (χ1n) is 6.04. The minimum Gasteiger partial charge on any atom is -0.387 e. The van der Waals surface area contributed by atoms with Crippen molar-refractivity contribution >= 4 is 17.3 Å². The van der Waals surface area contributed by atoms with Crippen LogP contribution < -0.4 is 10.6 Å². The summed E-state index contributed by atoms with van der Waals surface area (Å²) in [6, 6.07) is 11.4. The smallest absolute Gasteiger partial charge is 0.250 e. The highest BCUT2D eigenvalue weighted by atomic mass is 16.3. The maximum atomic E-state index is 11.1. The summed E-state index contributed by atoms with van der Waals surface area (Å²) in [4.78, 5) is 11.1. The molecule has 1 aromatic heterocycles. The van der Waals surface area contributed by atoms with Crippen LogP contribution in [0.1, 0.15) is 5.69 Å². The van der Waals surface area contributed by atoms with Crippen LogP contribution in [0, 0.1) is 0 Å². The van der Waals surface area contributed by atoms with Crippen LogP contribution >= 0.6 is 0 Å². The van der Waals surface area contributed by atoms with Crippen molar-refractivity contribution in [3.63, 3.8) is 0 Å². The fourth-order valence-electron chi connectivity index (χ4n) is 1.78. The number of benzene rings is 1. The molecule has 5 heteroatoms. The number of anilines is 2. The van der Waals surface area contributed by atoms with Crippen LogP contribution in [0.25, 0.3) is 0 Å². The lowest BCUT2D eigenvalue weighted by Crippen LogP contribution is -2.15. The van der Waals surface area contributed by atoms with Gasteiger partial charge in [-0.25, -0.2) is 0 Å². The van der Waals surface area contributed by atoms with Gasteiger partial charge in [-0.3, -0.25) is 4.79 Å². The van der Waals surface area contributed by atoms with Crippen molar-refractivity contribution in [2.45, 2.75) is 6.54 Å². The molecule has 2 rings (SSSR count). The number of aryl methyl sites for hydroxylation is 1. The van der Waals surface area contributed by atoms with Gasteiger partial charge in [0.1, 0.15) is 6.61 Å². The normalized spacial score (nSPS) is 10.2. The van der Waals surface area contributed by atoms with E-state index >= 15 is 0 Å². The third kappa shape index (κ3) is 3.59. The Balaban J connectivity index is 1.99. The standard InChI is InChI=1S/C14H17N3O2/c1-17-7-3-6-13(17)9-15-11-4-2-5-12(8-11)16-14(19)10-18/h2-8,15,18H,9-10H2,1H3,(H,16,19). The van der Waals surface area contributed by atoms with Crippen molar-refractivity contribution in [1.82, 2.24) is 4.57 Å². The number of aliphatic hydroxyl groups excluding tert-OH is 1. The first kappa shape index (κ1) is 13.2. The lowest BCUT2D eigenvalue weighted by Gasteiger charge is -2.09. The molecule has 100 valence electrons. The van der Waals surface area contributed by atoms with Crippen LogP contribution in [0.3, 0.4) is 0 Å². The molecule has 1 amide bonds. The fourth-order valence-corrected chi connectivity index (χ4v) is 1.78. The highest BCUT2D eigenvalue weighted by Gasteiger charge is 2.01. The maximum absolute atomic E-state index is 11.1. The van der Waals surface area contributed by atoms with E-state index in [9.17, 15) is 4.79 Å². The molecule has 0 bridgehead atoms. The number of hydrogen-bond acceptors (Lipinski definition) is 3. The summed E-state index contributed by atoms with van der Waals surface area (Å²) in [7, 11) is 1.99. The third-order valence-electron chi connectivity index (χ3n) is 2.81. The van der Waals surface area contributed by atoms with Crippen LogP contribution in [0.4, 0.5) is 11.4 Å². The molecule has 3 N–H and O–H groups in total. The Morgan fingerprint density at radius 2 is 2.05 bits per heavy atom. The van der Waals surface area contributed by atoms with Gasteiger partial charge in [0.2, 0.25) is 5.91 Å². The van der Waals surface area contributed by atoms with E-state index in [1.165, 1.54) is 5.69 Å². The largest absolute Gasteiger partial charge is 0.387 e. The maximum Gasteiger partial charge on any atom is 0.250 e. The Morgan fingerprint density at radius 1 is 1.26 bits per heavy atom. The molecule has 0 atom stereocenters. The van der Waals surface area contributed by atoms with Crippen molar-refractivity contribution in [2.75, 3.05) is 17.2 Å². The van der Waals surface area contributed by atoms with Crippen LogP contribution in [0.5, 0.6) is 0 Å². The summed E-state index contributed by atoms with van der Waals surface area (Å²) in [6.07, 6.45) is 1.99. The van der Waals surface area contributed by atoms with Gasteiger partial charge in [0.05, 0.1) is 6.54 Å². The van der Waals surface area contributed by atoms with E-state index in [0.717, 1.165) is 5.69 Å². The fraction of sp³-hybridized carbons (Fsp3) is 0.214. The first-order valence-corrected chi connectivity index (χ1v) is 6.04. The molecule has 19 heavy (non-hydrogen) atoms. The van der Waals surface area contributed by atoms with Crippen LogP contribution in [-0.4, -0.2) is 22.2 Å². The van der Waals surface area contributed by atoms with Gasteiger partial charge < -0.3 is 20.3 Å². The van der Waals surface area contributed by atoms with E-state index in [1.807, 2.05) is 48.1 Å². The van der Waals surface area contributed by atoms with Gasteiger partial charge in [0, 0.05) is 30.3 Å². The summed E-state index contributed by atoms with van der Waals surface area (Å²) < 4.78 is 2.05. The number of carbonyl (C=O) groups is 1. The molecule has 0 aliphatic rings. The Hall–Kier alpha value is -2.27. The van der Waals surface area contributed by atoms with Crippen molar-refractivity contribution in [3.05, 3.63) is 48.3 Å². The zero-order valence-corrected chi connectivity index (χ0v) is 10.8. The number of amides is 1. The molecular formula is C14H17N3O2. The van der Waals surface area contributed by atoms with Crippen LogP contribution in [0.2, 0.25) is 0 Å². The second kappa shape index (κ2) is 6.06. The van der Waals surface area contributed by atoms with Gasteiger partial charge in [-0.1, -0.05) is 6.07 Å². The summed E-state index contributed by atoms with van der Waals surface area (Å²) in [5.41, 5.74) is 2.75. The lowest BCUT2D eigenvalue weighted by molar-refractivity contribution is -0.118. The number of rotatable bonds is 5. The lowest BCUT2D eigenvalue weighted by atomic mass is 10.2. The quantitative estimate of drug-likeness (QED) is 0.763. The van der Waals surface area contributed by atoms with Crippen molar-refractivity contribution in [1.29, 1.82) is 0 Å². The van der Waals surface area contributed by atoms with E-state index in [2.05, 4.69) is 10.6 Å². The van der Waals surface area contributed by atoms with E-state index < -0.39 is 12.5 Å². The number of carbonyl (C=O) groups excluding carboxylic acids is 1. The molecule has 1 aromatic carbocycles. The molecule has 0 fully saturated rings. The Kier molecular flexibility index (Phi) is 4.20. The zero-order chi connectivity index (χ0) is 13.7. The molecule has 0 aliphatic heterocycles. The van der Waals surface area contributed by atoms with Gasteiger partial charge in [-0.05, 0) is 30.3 Å². The SMILES string of the molecule is Cn1cccc1CNc1cccc(NC(=O)CO)c1. The molecule has 0 radical (unpaired) electrons. The van der Waals surface area contributed by atoms with Gasteiger partial charge >= 0.3 is 0 Å². The van der Waals surface area contributed by atoms with Crippen LogP contribution in [0.15, 0.2) is 42.6 Å². The van der Waals surface area contributed by atoms with E-state index in [0.29, 0.717) is 12.2 Å². The van der Waals surface area contributed by atoms with Crippen LogP contribution in [-0.2, 0) is 18.4 Å². The number of aromatic nitrogens is 1. The third-order valence-corrected chi connectivity index (χ3v) is 2.81. The van der Waals surface area contributed by atoms with Gasteiger partial charge in [0.15, 0.2) is 0 Å². The average Bonchev–Trinajstić information content (AvgIpc) is 2.82. The predicted molar refractivity (Wildman–Crippen MR) is 74.9 cm³/mol. The molecule has 1 heterocycles. The topological polar surface area (TPSA) is 66.3 Å². The molecule has 0 unspecified atom stereocenters. The average molecular weight is 259 g/mol. The Labute approximate surface area is 111 Å². The van der Waals surface area contributed by atoms with Gasteiger partial charge in [-0.2, -0.15) is 0 Å². The number of aliphatic hydroxyl groups is 1. The minimum absolute atomic E-state index is 0.417. The molecule has 0 saturated carbocycles. The monoisotopic (exact) mass is 259 g/mol. The van der Waals surface area contributed by atoms with Crippen molar-refractivity contribution in [3.8, 4) is 0 Å². The van der Waals surface area contributed by atoms with Gasteiger partial charge in [0.25, 0.3) is 0 Å². The molecule has 0 spiro atoms. The number of nitrogens with zero attached hydrogens (tertiary/aromatic N) is 1. The van der Waals surface area contributed by atoms with E-state index in [4.69, 9.17) is 5.11 Å². The Bertz CT molecular complexity index is 563.